The van der Waals surface area contributed by atoms with Crippen molar-refractivity contribution >= 4 is 6.03 Å². The third-order valence-corrected chi connectivity index (χ3v) is 3.72. The lowest BCUT2D eigenvalue weighted by Crippen LogP contribution is -2.34. The Hall–Kier alpha value is -2.49. The van der Waals surface area contributed by atoms with Gasteiger partial charge in [0.05, 0.1) is 6.61 Å². The van der Waals surface area contributed by atoms with Crippen LogP contribution in [0.2, 0.25) is 0 Å². The van der Waals surface area contributed by atoms with Crippen LogP contribution in [0, 0.1) is 0 Å². The molecule has 0 fully saturated rings. The first kappa shape index (κ1) is 14.4. The Morgan fingerprint density at radius 1 is 1.00 bits per heavy atom. The first-order chi connectivity index (χ1) is 10.8. The molecule has 2 aromatic rings. The summed E-state index contributed by atoms with van der Waals surface area (Å²) in [6, 6.07) is 15.8. The normalized spacial score (nSPS) is 12.9. The fourth-order valence-corrected chi connectivity index (χ4v) is 2.55. The van der Waals surface area contributed by atoms with Crippen LogP contribution in [0.1, 0.15) is 23.1 Å². The molecule has 3 rings (SSSR count). The largest absolute Gasteiger partial charge is 0.493 e. The Balaban J connectivity index is 1.48. The standard InChI is InChI=1S/C18H20N2O2/c21-18(19-12-14-5-2-1-3-6-14)20-13-15-8-9-17-16(11-15)7-4-10-22-17/h1-3,5-6,8-9,11H,4,7,10,12-13H2,(H2,19,20,21). The van der Waals surface area contributed by atoms with Crippen molar-refractivity contribution in [1.29, 1.82) is 0 Å². The second-order valence-electron chi connectivity index (χ2n) is 5.42. The van der Waals surface area contributed by atoms with Crippen LogP contribution < -0.4 is 15.4 Å². The van der Waals surface area contributed by atoms with Crippen LogP contribution in [0.25, 0.3) is 0 Å². The molecule has 1 aliphatic rings. The Morgan fingerprint density at radius 3 is 2.59 bits per heavy atom. The monoisotopic (exact) mass is 296 g/mol. The molecule has 0 radical (unpaired) electrons. The van der Waals surface area contributed by atoms with Gasteiger partial charge in [-0.05, 0) is 35.6 Å². The molecule has 114 valence electrons. The first-order valence-corrected chi connectivity index (χ1v) is 7.61. The van der Waals surface area contributed by atoms with E-state index in [9.17, 15) is 4.79 Å². The number of amides is 2. The third kappa shape index (κ3) is 3.79. The summed E-state index contributed by atoms with van der Waals surface area (Å²) in [6.07, 6.45) is 2.10. The molecule has 1 aliphatic heterocycles. The van der Waals surface area contributed by atoms with Gasteiger partial charge in [0.2, 0.25) is 0 Å². The summed E-state index contributed by atoms with van der Waals surface area (Å²) in [5.41, 5.74) is 3.41. The molecule has 1 heterocycles. The van der Waals surface area contributed by atoms with Crippen molar-refractivity contribution in [2.75, 3.05) is 6.61 Å². The lowest BCUT2D eigenvalue weighted by atomic mass is 10.0. The fraction of sp³-hybridized carbons (Fsp3) is 0.278. The van der Waals surface area contributed by atoms with E-state index in [1.165, 1.54) is 5.56 Å². The quantitative estimate of drug-likeness (QED) is 0.911. The van der Waals surface area contributed by atoms with Crippen molar-refractivity contribution in [3.05, 3.63) is 65.2 Å². The number of aryl methyl sites for hydroxylation is 1. The van der Waals surface area contributed by atoms with Crippen LogP contribution in [0.4, 0.5) is 4.79 Å². The summed E-state index contributed by atoms with van der Waals surface area (Å²) in [5.74, 6) is 0.975. The molecule has 0 saturated heterocycles. The van der Waals surface area contributed by atoms with E-state index in [2.05, 4.69) is 16.7 Å². The Bertz CT molecular complexity index is 641. The van der Waals surface area contributed by atoms with E-state index in [-0.39, 0.29) is 6.03 Å². The van der Waals surface area contributed by atoms with Gasteiger partial charge in [-0.1, -0.05) is 42.5 Å². The van der Waals surface area contributed by atoms with Crippen LogP contribution in [-0.4, -0.2) is 12.6 Å². The predicted octanol–water partition coefficient (Wildman–Crippen LogP) is 3.01. The summed E-state index contributed by atoms with van der Waals surface area (Å²) in [4.78, 5) is 11.8. The molecule has 0 aromatic heterocycles. The molecular weight excluding hydrogens is 276 g/mol. The third-order valence-electron chi connectivity index (χ3n) is 3.72. The van der Waals surface area contributed by atoms with Crippen LogP contribution in [-0.2, 0) is 19.5 Å². The molecule has 22 heavy (non-hydrogen) atoms. The highest BCUT2D eigenvalue weighted by atomic mass is 16.5. The number of urea groups is 1. The summed E-state index contributed by atoms with van der Waals surface area (Å²) < 4.78 is 5.59. The Kier molecular flexibility index (Phi) is 4.59. The summed E-state index contributed by atoms with van der Waals surface area (Å²) in [6.45, 7) is 1.85. The van der Waals surface area contributed by atoms with Gasteiger partial charge in [-0.25, -0.2) is 4.79 Å². The molecule has 2 aromatic carbocycles. The minimum atomic E-state index is -0.155. The van der Waals surface area contributed by atoms with E-state index < -0.39 is 0 Å². The van der Waals surface area contributed by atoms with E-state index in [4.69, 9.17) is 4.74 Å². The molecule has 4 nitrogen and oxygen atoms in total. The summed E-state index contributed by atoms with van der Waals surface area (Å²) >= 11 is 0. The number of rotatable bonds is 4. The average Bonchev–Trinajstić information content (AvgIpc) is 2.59. The van der Waals surface area contributed by atoms with Crippen LogP contribution in [0.5, 0.6) is 5.75 Å². The number of fused-ring (bicyclic) bond motifs is 1. The van der Waals surface area contributed by atoms with Crippen LogP contribution >= 0.6 is 0 Å². The van der Waals surface area contributed by atoms with Crippen molar-refractivity contribution in [1.82, 2.24) is 10.6 Å². The number of benzene rings is 2. The van der Waals surface area contributed by atoms with Crippen molar-refractivity contribution in [3.63, 3.8) is 0 Å². The second kappa shape index (κ2) is 6.98. The predicted molar refractivity (Wildman–Crippen MR) is 85.8 cm³/mol. The number of hydrogen-bond acceptors (Lipinski definition) is 2. The average molecular weight is 296 g/mol. The van der Waals surface area contributed by atoms with Gasteiger partial charge in [0.15, 0.2) is 0 Å². The maximum absolute atomic E-state index is 11.8. The van der Waals surface area contributed by atoms with Gasteiger partial charge in [-0.3, -0.25) is 0 Å². The van der Waals surface area contributed by atoms with Crippen molar-refractivity contribution in [2.24, 2.45) is 0 Å². The Morgan fingerprint density at radius 2 is 1.77 bits per heavy atom. The number of hydrogen-bond donors (Lipinski definition) is 2. The van der Waals surface area contributed by atoms with Gasteiger partial charge in [-0.15, -0.1) is 0 Å². The maximum atomic E-state index is 11.8. The van der Waals surface area contributed by atoms with Crippen molar-refractivity contribution in [3.8, 4) is 5.75 Å². The highest BCUT2D eigenvalue weighted by Crippen LogP contribution is 2.25. The van der Waals surface area contributed by atoms with E-state index >= 15 is 0 Å². The molecule has 0 bridgehead atoms. The van der Waals surface area contributed by atoms with Crippen LogP contribution in [0.15, 0.2) is 48.5 Å². The SMILES string of the molecule is O=C(NCc1ccccc1)NCc1ccc2c(c1)CCCO2. The van der Waals surface area contributed by atoms with E-state index in [0.29, 0.717) is 13.1 Å². The molecule has 0 unspecified atom stereocenters. The van der Waals surface area contributed by atoms with Crippen LogP contribution in [0.3, 0.4) is 0 Å². The first-order valence-electron chi connectivity index (χ1n) is 7.61. The topological polar surface area (TPSA) is 50.4 Å². The lowest BCUT2D eigenvalue weighted by Gasteiger charge is -2.18. The molecule has 0 spiro atoms. The Labute approximate surface area is 130 Å². The molecule has 0 aliphatic carbocycles. The fourth-order valence-electron chi connectivity index (χ4n) is 2.55. The molecule has 2 N–H and O–H groups in total. The minimum absolute atomic E-state index is 0.155. The van der Waals surface area contributed by atoms with Gasteiger partial charge in [0.1, 0.15) is 5.75 Å². The molecular formula is C18H20N2O2. The summed E-state index contributed by atoms with van der Waals surface area (Å²) in [7, 11) is 0. The highest BCUT2D eigenvalue weighted by molar-refractivity contribution is 5.73. The number of carbonyl (C=O) groups is 1. The van der Waals surface area contributed by atoms with Gasteiger partial charge >= 0.3 is 6.03 Å². The zero-order chi connectivity index (χ0) is 15.2. The number of ether oxygens (including phenoxy) is 1. The zero-order valence-electron chi connectivity index (χ0n) is 12.5. The van der Waals surface area contributed by atoms with E-state index in [1.807, 2.05) is 42.5 Å². The van der Waals surface area contributed by atoms with Gasteiger partial charge in [-0.2, -0.15) is 0 Å². The lowest BCUT2D eigenvalue weighted by molar-refractivity contribution is 0.240. The minimum Gasteiger partial charge on any atom is -0.493 e. The van der Waals surface area contributed by atoms with Crippen molar-refractivity contribution in [2.45, 2.75) is 25.9 Å². The van der Waals surface area contributed by atoms with Crippen molar-refractivity contribution < 1.29 is 9.53 Å². The second-order valence-corrected chi connectivity index (χ2v) is 5.42. The van der Waals surface area contributed by atoms with E-state index in [0.717, 1.165) is 36.3 Å². The molecule has 0 atom stereocenters. The summed E-state index contributed by atoms with van der Waals surface area (Å²) in [5, 5.41) is 5.74. The van der Waals surface area contributed by atoms with Gasteiger partial charge < -0.3 is 15.4 Å². The molecule has 4 heteroatoms. The zero-order valence-corrected chi connectivity index (χ0v) is 12.5. The smallest absolute Gasteiger partial charge is 0.315 e. The molecule has 0 saturated carbocycles. The van der Waals surface area contributed by atoms with Gasteiger partial charge in [0, 0.05) is 13.1 Å². The number of nitrogens with one attached hydrogen (secondary N) is 2. The maximum Gasteiger partial charge on any atom is 0.315 e. The molecule has 2 amide bonds. The van der Waals surface area contributed by atoms with Gasteiger partial charge in [0.25, 0.3) is 0 Å². The van der Waals surface area contributed by atoms with E-state index in [1.54, 1.807) is 0 Å². The number of carbonyl (C=O) groups excluding carboxylic acids is 1. The highest BCUT2D eigenvalue weighted by Gasteiger charge is 2.10.